The zero-order chi connectivity index (χ0) is 14.9. The Morgan fingerprint density at radius 2 is 1.85 bits per heavy atom. The molecule has 4 nitrogen and oxygen atoms in total. The van der Waals surface area contributed by atoms with E-state index in [0.29, 0.717) is 0 Å². The lowest BCUT2D eigenvalue weighted by Gasteiger charge is -2.22. The van der Waals surface area contributed by atoms with E-state index in [4.69, 9.17) is 0 Å². The number of aryl methyl sites for hydroxylation is 3. The molecule has 1 N–H and O–H groups in total. The largest absolute Gasteiger partial charge is 0.308 e. The van der Waals surface area contributed by atoms with Crippen LogP contribution in [0.3, 0.4) is 0 Å². The van der Waals surface area contributed by atoms with Gasteiger partial charge in [0.05, 0.1) is 5.69 Å². The van der Waals surface area contributed by atoms with Crippen molar-refractivity contribution in [2.75, 3.05) is 0 Å². The lowest BCUT2D eigenvalue weighted by molar-refractivity contribution is 0.423. The van der Waals surface area contributed by atoms with Crippen molar-refractivity contribution in [1.29, 1.82) is 0 Å². The molecule has 2 rings (SSSR count). The number of pyridine rings is 1. The van der Waals surface area contributed by atoms with E-state index in [-0.39, 0.29) is 5.54 Å². The molecule has 0 amide bonds. The maximum Gasteiger partial charge on any atom is 0.158 e. The number of nitrogens with one attached hydrogen (secondary N) is 1. The topological polar surface area (TPSA) is 42.7 Å². The van der Waals surface area contributed by atoms with Crippen molar-refractivity contribution >= 4 is 0 Å². The van der Waals surface area contributed by atoms with Gasteiger partial charge in [-0.15, -0.1) is 0 Å². The fourth-order valence-corrected chi connectivity index (χ4v) is 2.14. The molecule has 2 aromatic heterocycles. The van der Waals surface area contributed by atoms with Gasteiger partial charge in [-0.1, -0.05) is 0 Å². The average molecular weight is 272 g/mol. The summed E-state index contributed by atoms with van der Waals surface area (Å²) in [5.74, 6) is 0.923. The summed E-state index contributed by atoms with van der Waals surface area (Å²) in [6, 6.07) is 4.12. The van der Waals surface area contributed by atoms with Gasteiger partial charge in [-0.05, 0) is 59.2 Å². The highest BCUT2D eigenvalue weighted by atomic mass is 15.3. The Morgan fingerprint density at radius 1 is 1.15 bits per heavy atom. The van der Waals surface area contributed by atoms with Crippen molar-refractivity contribution < 1.29 is 0 Å². The number of hydrogen-bond acceptors (Lipinski definition) is 3. The molecule has 0 atom stereocenters. The molecule has 0 saturated heterocycles. The van der Waals surface area contributed by atoms with Gasteiger partial charge in [-0.3, -0.25) is 0 Å². The van der Waals surface area contributed by atoms with Crippen LogP contribution in [0.1, 0.15) is 43.3 Å². The second-order valence-electron chi connectivity index (χ2n) is 6.39. The Bertz CT molecular complexity index is 605. The van der Waals surface area contributed by atoms with Crippen molar-refractivity contribution in [2.24, 2.45) is 0 Å². The molecule has 108 valence electrons. The Labute approximate surface area is 121 Å². The first-order chi connectivity index (χ1) is 9.26. The highest BCUT2D eigenvalue weighted by Crippen LogP contribution is 2.18. The number of aromatic nitrogens is 3. The summed E-state index contributed by atoms with van der Waals surface area (Å²) in [4.78, 5) is 4.68. The molecule has 0 spiro atoms. The minimum Gasteiger partial charge on any atom is -0.308 e. The molecule has 0 saturated carbocycles. The van der Waals surface area contributed by atoms with E-state index in [9.17, 15) is 0 Å². The maximum atomic E-state index is 4.68. The number of hydrogen-bond donors (Lipinski definition) is 1. The predicted octanol–water partition coefficient (Wildman–Crippen LogP) is 3.08. The molecule has 2 heterocycles. The van der Waals surface area contributed by atoms with Gasteiger partial charge in [-0.2, -0.15) is 5.10 Å². The van der Waals surface area contributed by atoms with E-state index in [1.165, 1.54) is 11.1 Å². The Hall–Kier alpha value is -1.68. The van der Waals surface area contributed by atoms with Crippen LogP contribution < -0.4 is 5.32 Å². The quantitative estimate of drug-likeness (QED) is 0.933. The molecule has 2 aromatic rings. The van der Waals surface area contributed by atoms with Gasteiger partial charge in [0.25, 0.3) is 0 Å². The van der Waals surface area contributed by atoms with E-state index in [1.54, 1.807) is 0 Å². The van der Waals surface area contributed by atoms with E-state index >= 15 is 0 Å². The normalized spacial score (nSPS) is 11.9. The molecular weight excluding hydrogens is 248 g/mol. The third kappa shape index (κ3) is 3.45. The summed E-state index contributed by atoms with van der Waals surface area (Å²) < 4.78 is 1.87. The number of rotatable bonds is 3. The first-order valence-corrected chi connectivity index (χ1v) is 7.01. The summed E-state index contributed by atoms with van der Waals surface area (Å²) in [5.41, 5.74) is 4.55. The van der Waals surface area contributed by atoms with Crippen molar-refractivity contribution in [3.05, 3.63) is 40.8 Å². The van der Waals surface area contributed by atoms with Gasteiger partial charge in [0, 0.05) is 29.5 Å². The molecule has 0 unspecified atom stereocenters. The van der Waals surface area contributed by atoms with Crippen LogP contribution in [0.25, 0.3) is 5.82 Å². The van der Waals surface area contributed by atoms with Gasteiger partial charge >= 0.3 is 0 Å². The minimum absolute atomic E-state index is 0.0780. The lowest BCUT2D eigenvalue weighted by Crippen LogP contribution is -2.35. The van der Waals surface area contributed by atoms with Crippen LogP contribution >= 0.6 is 0 Å². The summed E-state index contributed by atoms with van der Waals surface area (Å²) >= 11 is 0. The highest BCUT2D eigenvalue weighted by molar-refractivity contribution is 5.41. The van der Waals surface area contributed by atoms with Crippen LogP contribution in [-0.2, 0) is 6.54 Å². The van der Waals surface area contributed by atoms with Crippen molar-refractivity contribution in [3.8, 4) is 5.82 Å². The zero-order valence-electron chi connectivity index (χ0n) is 13.3. The fraction of sp³-hybridized carbons (Fsp3) is 0.500. The second-order valence-corrected chi connectivity index (χ2v) is 6.39. The van der Waals surface area contributed by atoms with E-state index in [0.717, 1.165) is 23.8 Å². The molecule has 0 aliphatic rings. The smallest absolute Gasteiger partial charge is 0.158 e. The Kier molecular flexibility index (Phi) is 3.95. The Morgan fingerprint density at radius 3 is 2.40 bits per heavy atom. The minimum atomic E-state index is 0.0780. The highest BCUT2D eigenvalue weighted by Gasteiger charge is 2.15. The monoisotopic (exact) mass is 272 g/mol. The SMILES string of the molecule is Cc1cc(C)c(CNC(C)(C)C)c(-n2ccc(C)n2)n1. The van der Waals surface area contributed by atoms with Crippen LogP contribution in [0.2, 0.25) is 0 Å². The average Bonchev–Trinajstić information content (AvgIpc) is 2.72. The van der Waals surface area contributed by atoms with Gasteiger partial charge in [0.1, 0.15) is 0 Å². The summed E-state index contributed by atoms with van der Waals surface area (Å²) in [7, 11) is 0. The summed E-state index contributed by atoms with van der Waals surface area (Å²) in [6.45, 7) is 13.4. The van der Waals surface area contributed by atoms with Crippen molar-refractivity contribution in [3.63, 3.8) is 0 Å². The summed E-state index contributed by atoms with van der Waals surface area (Å²) in [6.07, 6.45) is 1.97. The molecule has 20 heavy (non-hydrogen) atoms. The molecule has 0 aliphatic carbocycles. The molecule has 0 bridgehead atoms. The Balaban J connectivity index is 2.44. The third-order valence-electron chi connectivity index (χ3n) is 3.19. The predicted molar refractivity (Wildman–Crippen MR) is 82.2 cm³/mol. The number of nitrogens with zero attached hydrogens (tertiary/aromatic N) is 3. The molecule has 0 aromatic carbocycles. The molecular formula is C16H24N4. The third-order valence-corrected chi connectivity index (χ3v) is 3.19. The van der Waals surface area contributed by atoms with Crippen molar-refractivity contribution in [2.45, 2.75) is 53.6 Å². The van der Waals surface area contributed by atoms with E-state index < -0.39 is 0 Å². The molecule has 4 heteroatoms. The standard InChI is InChI=1S/C16H24N4/c1-11-9-13(3)18-15(20-8-7-12(2)19-20)14(11)10-17-16(4,5)6/h7-9,17H,10H2,1-6H3. The summed E-state index contributed by atoms with van der Waals surface area (Å²) in [5, 5.41) is 8.03. The van der Waals surface area contributed by atoms with Crippen LogP contribution in [0, 0.1) is 20.8 Å². The zero-order valence-corrected chi connectivity index (χ0v) is 13.3. The van der Waals surface area contributed by atoms with Gasteiger partial charge < -0.3 is 5.32 Å². The fourth-order valence-electron chi connectivity index (χ4n) is 2.14. The van der Waals surface area contributed by atoms with Crippen molar-refractivity contribution in [1.82, 2.24) is 20.1 Å². The maximum absolute atomic E-state index is 4.68. The first-order valence-electron chi connectivity index (χ1n) is 7.01. The molecule has 0 fully saturated rings. The molecule has 0 radical (unpaired) electrons. The van der Waals surface area contributed by atoms with Gasteiger partial charge in [0.15, 0.2) is 5.82 Å². The van der Waals surface area contributed by atoms with Crippen LogP contribution in [0.15, 0.2) is 18.3 Å². The van der Waals surface area contributed by atoms with Gasteiger partial charge in [0.2, 0.25) is 0 Å². The van der Waals surface area contributed by atoms with E-state index in [2.05, 4.69) is 49.2 Å². The lowest BCUT2D eigenvalue weighted by atomic mass is 10.1. The van der Waals surface area contributed by atoms with Crippen LogP contribution in [0.5, 0.6) is 0 Å². The van der Waals surface area contributed by atoms with Crippen LogP contribution in [0.4, 0.5) is 0 Å². The molecule has 0 aliphatic heterocycles. The van der Waals surface area contributed by atoms with Gasteiger partial charge in [-0.25, -0.2) is 9.67 Å². The van der Waals surface area contributed by atoms with E-state index in [1.807, 2.05) is 30.8 Å². The first kappa shape index (κ1) is 14.7. The second kappa shape index (κ2) is 5.37. The van der Waals surface area contributed by atoms with Crippen LogP contribution in [-0.4, -0.2) is 20.3 Å².